The summed E-state index contributed by atoms with van der Waals surface area (Å²) in [7, 11) is 0. The normalized spacial score (nSPS) is 17.4. The fraction of sp³-hybridized carbons (Fsp3) is 0.250. The molecular weight excluding hydrogens is 302 g/mol. The van der Waals surface area contributed by atoms with Crippen molar-refractivity contribution in [3.63, 3.8) is 0 Å². The number of hydrogen-bond acceptors (Lipinski definition) is 1. The number of hydrogen-bond donors (Lipinski definition) is 1. The molecule has 0 aromatic heterocycles. The van der Waals surface area contributed by atoms with Gasteiger partial charge in [-0.3, -0.25) is 0 Å². The van der Waals surface area contributed by atoms with Crippen molar-refractivity contribution in [2.75, 3.05) is 0 Å². The molecule has 1 nitrogen and oxygen atoms in total. The number of dihydropyridines is 1. The molecule has 2 aromatic rings. The van der Waals surface area contributed by atoms with Crippen LogP contribution >= 0.6 is 0 Å². The minimum atomic E-state index is 0.980. The molecule has 0 saturated carbocycles. The van der Waals surface area contributed by atoms with Gasteiger partial charge in [0.1, 0.15) is 0 Å². The molecule has 0 unspecified atom stereocenters. The highest BCUT2D eigenvalue weighted by Crippen LogP contribution is 2.40. The van der Waals surface area contributed by atoms with Crippen LogP contribution < -0.4 is 5.32 Å². The Morgan fingerprint density at radius 2 is 1.56 bits per heavy atom. The van der Waals surface area contributed by atoms with Gasteiger partial charge in [0.2, 0.25) is 0 Å². The van der Waals surface area contributed by atoms with E-state index in [-0.39, 0.29) is 0 Å². The third-order valence-corrected chi connectivity index (χ3v) is 5.34. The molecule has 1 heteroatoms. The summed E-state index contributed by atoms with van der Waals surface area (Å²) in [4.78, 5) is 0. The quantitative estimate of drug-likeness (QED) is 0.729. The highest BCUT2D eigenvalue weighted by Gasteiger charge is 2.24. The average Bonchev–Trinajstić information content (AvgIpc) is 2.64. The van der Waals surface area contributed by atoms with Crippen LogP contribution in [0.5, 0.6) is 0 Å². The van der Waals surface area contributed by atoms with Gasteiger partial charge in [-0.25, -0.2) is 0 Å². The molecule has 0 amide bonds. The zero-order chi connectivity index (χ0) is 17.2. The Hall–Kier alpha value is -2.54. The molecule has 126 valence electrons. The highest BCUT2D eigenvalue weighted by molar-refractivity contribution is 5.86. The van der Waals surface area contributed by atoms with Crippen molar-refractivity contribution in [2.24, 2.45) is 0 Å². The van der Waals surface area contributed by atoms with E-state index in [0.717, 1.165) is 19.3 Å². The lowest BCUT2D eigenvalue weighted by Crippen LogP contribution is -2.23. The average molecular weight is 327 g/mol. The van der Waals surface area contributed by atoms with E-state index in [4.69, 9.17) is 0 Å². The molecule has 0 radical (unpaired) electrons. The minimum absolute atomic E-state index is 0.980. The maximum Gasteiger partial charge on any atom is 0.0202 e. The Morgan fingerprint density at radius 1 is 0.880 bits per heavy atom. The molecule has 0 fully saturated rings. The summed E-state index contributed by atoms with van der Waals surface area (Å²) in [6, 6.07) is 19.6. The van der Waals surface area contributed by atoms with E-state index in [1.165, 1.54) is 57.6 Å². The first kappa shape index (κ1) is 16.0. The van der Waals surface area contributed by atoms with Gasteiger partial charge >= 0.3 is 0 Å². The first-order valence-corrected chi connectivity index (χ1v) is 9.25. The predicted octanol–water partition coefficient (Wildman–Crippen LogP) is 6.00. The lowest BCUT2D eigenvalue weighted by molar-refractivity contribution is 0.641. The van der Waals surface area contributed by atoms with Gasteiger partial charge in [0.25, 0.3) is 0 Å². The number of benzene rings is 2. The first-order chi connectivity index (χ1) is 12.2. The summed E-state index contributed by atoms with van der Waals surface area (Å²) in [6.07, 6.45) is 5.87. The van der Waals surface area contributed by atoms with Crippen molar-refractivity contribution >= 4 is 5.57 Å². The van der Waals surface area contributed by atoms with E-state index in [1.54, 1.807) is 0 Å². The first-order valence-electron chi connectivity index (χ1n) is 9.25. The zero-order valence-electron chi connectivity index (χ0n) is 14.9. The lowest BCUT2D eigenvalue weighted by Gasteiger charge is -2.31. The predicted molar refractivity (Wildman–Crippen MR) is 106 cm³/mol. The minimum Gasteiger partial charge on any atom is -0.362 e. The van der Waals surface area contributed by atoms with E-state index in [0.29, 0.717) is 0 Å². The van der Waals surface area contributed by atoms with Gasteiger partial charge in [-0.2, -0.15) is 0 Å². The summed E-state index contributed by atoms with van der Waals surface area (Å²) in [5, 5.41) is 3.65. The van der Waals surface area contributed by atoms with Crippen LogP contribution in [0, 0.1) is 0 Å². The SMILES string of the molecule is C=C1C2=C(CCCC2)NC(C)=C1c1ccc(Cc2ccccc2)cc1. The fourth-order valence-corrected chi connectivity index (χ4v) is 4.05. The molecule has 4 rings (SSSR count). The standard InChI is InChI=1S/C24H25N/c1-17-22-10-6-7-11-23(22)25-18(2)24(17)21-14-12-20(13-15-21)16-19-8-4-3-5-9-19/h3-5,8-9,12-15,25H,1,6-7,10-11,16H2,2H3. The monoisotopic (exact) mass is 327 g/mol. The van der Waals surface area contributed by atoms with E-state index in [1.807, 2.05) is 0 Å². The second kappa shape index (κ2) is 6.76. The van der Waals surface area contributed by atoms with Crippen molar-refractivity contribution in [3.8, 4) is 0 Å². The summed E-state index contributed by atoms with van der Waals surface area (Å²) < 4.78 is 0. The molecule has 1 aliphatic heterocycles. The van der Waals surface area contributed by atoms with E-state index in [2.05, 4.69) is 73.4 Å². The van der Waals surface area contributed by atoms with Crippen LogP contribution in [-0.2, 0) is 6.42 Å². The van der Waals surface area contributed by atoms with Crippen molar-refractivity contribution in [2.45, 2.75) is 39.0 Å². The van der Waals surface area contributed by atoms with Crippen LogP contribution in [0.3, 0.4) is 0 Å². The summed E-state index contributed by atoms with van der Waals surface area (Å²) in [5.41, 5.74) is 10.6. The molecule has 0 bridgehead atoms. The largest absolute Gasteiger partial charge is 0.362 e. The highest BCUT2D eigenvalue weighted by atomic mass is 14.9. The maximum atomic E-state index is 4.44. The van der Waals surface area contributed by atoms with E-state index >= 15 is 0 Å². The van der Waals surface area contributed by atoms with Crippen molar-refractivity contribution in [1.29, 1.82) is 0 Å². The number of allylic oxidation sites excluding steroid dienone is 5. The van der Waals surface area contributed by atoms with Crippen LogP contribution in [0.15, 0.2) is 83.7 Å². The molecule has 1 heterocycles. The lowest BCUT2D eigenvalue weighted by atomic mass is 9.82. The van der Waals surface area contributed by atoms with Gasteiger partial charge in [0.05, 0.1) is 0 Å². The third kappa shape index (κ3) is 3.19. The van der Waals surface area contributed by atoms with Gasteiger partial charge in [0.15, 0.2) is 0 Å². The van der Waals surface area contributed by atoms with Gasteiger partial charge in [-0.15, -0.1) is 0 Å². The van der Waals surface area contributed by atoms with Gasteiger partial charge < -0.3 is 5.32 Å². The zero-order valence-corrected chi connectivity index (χ0v) is 14.9. The van der Waals surface area contributed by atoms with Gasteiger partial charge in [0, 0.05) is 17.0 Å². The van der Waals surface area contributed by atoms with Crippen molar-refractivity contribution in [3.05, 3.63) is 100 Å². The van der Waals surface area contributed by atoms with Crippen LogP contribution in [0.25, 0.3) is 5.57 Å². The van der Waals surface area contributed by atoms with Gasteiger partial charge in [-0.05, 0) is 66.9 Å². The van der Waals surface area contributed by atoms with Crippen molar-refractivity contribution in [1.82, 2.24) is 5.32 Å². The number of rotatable bonds is 3. The van der Waals surface area contributed by atoms with Crippen molar-refractivity contribution < 1.29 is 0 Å². The maximum absolute atomic E-state index is 4.44. The summed E-state index contributed by atoms with van der Waals surface area (Å²) in [6.45, 7) is 6.62. The van der Waals surface area contributed by atoms with Crippen LogP contribution in [0.1, 0.15) is 49.3 Å². The molecule has 2 aliphatic rings. The molecule has 0 saturated heterocycles. The van der Waals surface area contributed by atoms with E-state index < -0.39 is 0 Å². The molecule has 1 N–H and O–H groups in total. The smallest absolute Gasteiger partial charge is 0.0202 e. The fourth-order valence-electron chi connectivity index (χ4n) is 4.05. The molecule has 0 spiro atoms. The summed E-state index contributed by atoms with van der Waals surface area (Å²) >= 11 is 0. The molecule has 1 aliphatic carbocycles. The second-order valence-corrected chi connectivity index (χ2v) is 7.13. The van der Waals surface area contributed by atoms with Crippen LogP contribution in [-0.4, -0.2) is 0 Å². The second-order valence-electron chi connectivity index (χ2n) is 7.13. The number of nitrogens with one attached hydrogen (secondary N) is 1. The van der Waals surface area contributed by atoms with E-state index in [9.17, 15) is 0 Å². The van der Waals surface area contributed by atoms with Gasteiger partial charge in [-0.1, -0.05) is 61.2 Å². The Balaban J connectivity index is 1.58. The molecule has 2 aromatic carbocycles. The van der Waals surface area contributed by atoms with Crippen LogP contribution in [0.2, 0.25) is 0 Å². The Kier molecular flexibility index (Phi) is 4.31. The Bertz CT molecular complexity index is 851. The topological polar surface area (TPSA) is 12.0 Å². The summed E-state index contributed by atoms with van der Waals surface area (Å²) in [5.74, 6) is 0. The van der Waals surface area contributed by atoms with Crippen LogP contribution in [0.4, 0.5) is 0 Å². The molecular formula is C24H25N. The third-order valence-electron chi connectivity index (χ3n) is 5.34. The Labute approximate surface area is 150 Å². The Morgan fingerprint density at radius 3 is 2.32 bits per heavy atom. The molecule has 25 heavy (non-hydrogen) atoms. The molecule has 0 atom stereocenters.